The van der Waals surface area contributed by atoms with Gasteiger partial charge in [0.2, 0.25) is 5.91 Å². The van der Waals surface area contributed by atoms with Gasteiger partial charge in [0.25, 0.3) is 0 Å². The summed E-state index contributed by atoms with van der Waals surface area (Å²) < 4.78 is 0. The van der Waals surface area contributed by atoms with E-state index in [9.17, 15) is 4.79 Å². The van der Waals surface area contributed by atoms with E-state index in [4.69, 9.17) is 0 Å². The molecule has 2 heterocycles. The van der Waals surface area contributed by atoms with Crippen LogP contribution in [0.3, 0.4) is 0 Å². The van der Waals surface area contributed by atoms with Crippen LogP contribution in [0.5, 0.6) is 0 Å². The van der Waals surface area contributed by atoms with E-state index in [0.717, 1.165) is 63.0 Å². The van der Waals surface area contributed by atoms with Gasteiger partial charge >= 0.3 is 0 Å². The van der Waals surface area contributed by atoms with Gasteiger partial charge in [-0.25, -0.2) is 0 Å². The molecule has 2 saturated heterocycles. The van der Waals surface area contributed by atoms with E-state index in [1.165, 1.54) is 0 Å². The Bertz CT molecular complexity index is 505. The number of rotatable bonds is 4. The Hall–Kier alpha value is -1.39. The van der Waals surface area contributed by atoms with Crippen LogP contribution in [-0.2, 0) is 4.79 Å². The summed E-state index contributed by atoms with van der Waals surface area (Å²) >= 11 is 0. The number of hydrogen-bond donors (Lipinski definition) is 1. The predicted molar refractivity (Wildman–Crippen MR) is 93.2 cm³/mol. The molecular formula is C19H29N3O. The summed E-state index contributed by atoms with van der Waals surface area (Å²) in [6.45, 7) is 7.05. The summed E-state index contributed by atoms with van der Waals surface area (Å²) in [7, 11) is 2.05. The maximum absolute atomic E-state index is 13.2. The van der Waals surface area contributed by atoms with E-state index in [2.05, 4.69) is 34.2 Å². The van der Waals surface area contributed by atoms with Crippen molar-refractivity contribution in [2.24, 2.45) is 11.8 Å². The molecule has 3 atom stereocenters. The number of likely N-dealkylation sites (N-methyl/N-ethyl adjacent to an activating group) is 1. The normalized spacial score (nSPS) is 26.0. The smallest absolute Gasteiger partial charge is 0.244 e. The highest BCUT2D eigenvalue weighted by Gasteiger charge is 2.34. The number of hydrogen-bond acceptors (Lipinski definition) is 3. The fourth-order valence-electron chi connectivity index (χ4n) is 4.01. The Morgan fingerprint density at radius 1 is 1.22 bits per heavy atom. The fraction of sp³-hybridized carbons (Fsp3) is 0.632. The maximum Gasteiger partial charge on any atom is 0.244 e. The maximum atomic E-state index is 13.2. The van der Waals surface area contributed by atoms with Crippen LogP contribution in [0.1, 0.15) is 31.4 Å². The number of carbonyl (C=O) groups excluding carboxylic acids is 1. The molecule has 4 heteroatoms. The van der Waals surface area contributed by atoms with Gasteiger partial charge in [-0.05, 0) is 56.9 Å². The summed E-state index contributed by atoms with van der Waals surface area (Å²) in [4.78, 5) is 17.5. The third-order valence-electron chi connectivity index (χ3n) is 5.62. The molecule has 2 fully saturated rings. The Balaban J connectivity index is 1.75. The van der Waals surface area contributed by atoms with Crippen molar-refractivity contribution in [1.82, 2.24) is 15.1 Å². The highest BCUT2D eigenvalue weighted by atomic mass is 16.2. The van der Waals surface area contributed by atoms with Crippen LogP contribution in [0.25, 0.3) is 0 Å². The zero-order chi connectivity index (χ0) is 16.2. The van der Waals surface area contributed by atoms with Crippen molar-refractivity contribution >= 4 is 5.91 Å². The summed E-state index contributed by atoms with van der Waals surface area (Å²) in [5.74, 6) is 1.78. The molecule has 0 bridgehead atoms. The van der Waals surface area contributed by atoms with E-state index in [-0.39, 0.29) is 11.9 Å². The molecule has 0 aliphatic carbocycles. The minimum absolute atomic E-state index is 0.155. The third-order valence-corrected chi connectivity index (χ3v) is 5.62. The average molecular weight is 315 g/mol. The topological polar surface area (TPSA) is 35.6 Å². The van der Waals surface area contributed by atoms with Gasteiger partial charge in [0.15, 0.2) is 0 Å². The van der Waals surface area contributed by atoms with E-state index in [1.54, 1.807) is 0 Å². The van der Waals surface area contributed by atoms with Crippen LogP contribution >= 0.6 is 0 Å². The van der Waals surface area contributed by atoms with Crippen LogP contribution in [0.2, 0.25) is 0 Å². The number of amides is 1. The molecule has 1 amide bonds. The second-order valence-electron chi connectivity index (χ2n) is 6.97. The Labute approximate surface area is 139 Å². The second kappa shape index (κ2) is 7.45. The van der Waals surface area contributed by atoms with Gasteiger partial charge in [-0.2, -0.15) is 0 Å². The number of likely N-dealkylation sites (tertiary alicyclic amines) is 1. The van der Waals surface area contributed by atoms with Crippen molar-refractivity contribution in [3.63, 3.8) is 0 Å². The lowest BCUT2D eigenvalue weighted by Gasteiger charge is -2.32. The number of benzene rings is 1. The van der Waals surface area contributed by atoms with E-state index in [1.807, 2.05) is 25.2 Å². The molecule has 1 aromatic carbocycles. The zero-order valence-corrected chi connectivity index (χ0v) is 14.4. The Kier molecular flexibility index (Phi) is 5.34. The van der Waals surface area contributed by atoms with Crippen molar-refractivity contribution < 1.29 is 4.79 Å². The third kappa shape index (κ3) is 3.59. The van der Waals surface area contributed by atoms with Crippen molar-refractivity contribution in [1.29, 1.82) is 0 Å². The van der Waals surface area contributed by atoms with Gasteiger partial charge in [-0.3, -0.25) is 9.69 Å². The molecule has 126 valence electrons. The molecule has 0 radical (unpaired) electrons. The molecule has 2 aliphatic rings. The average Bonchev–Trinajstić information content (AvgIpc) is 2.94. The summed E-state index contributed by atoms with van der Waals surface area (Å²) in [5.41, 5.74) is 1.10. The van der Waals surface area contributed by atoms with E-state index >= 15 is 0 Å². The first-order valence-corrected chi connectivity index (χ1v) is 8.95. The molecule has 0 spiro atoms. The van der Waals surface area contributed by atoms with Crippen molar-refractivity contribution in [3.8, 4) is 0 Å². The Morgan fingerprint density at radius 3 is 2.39 bits per heavy atom. The van der Waals surface area contributed by atoms with Gasteiger partial charge < -0.3 is 10.2 Å². The van der Waals surface area contributed by atoms with Crippen LogP contribution in [0.15, 0.2) is 30.3 Å². The summed E-state index contributed by atoms with van der Waals surface area (Å²) in [6, 6.07) is 10.1. The first kappa shape index (κ1) is 16.5. The quantitative estimate of drug-likeness (QED) is 0.925. The molecule has 23 heavy (non-hydrogen) atoms. The van der Waals surface area contributed by atoms with Crippen LogP contribution in [0, 0.1) is 11.8 Å². The lowest BCUT2D eigenvalue weighted by molar-refractivity contribution is -0.136. The number of nitrogens with one attached hydrogen (secondary N) is 1. The molecule has 1 unspecified atom stereocenters. The van der Waals surface area contributed by atoms with E-state index in [0.29, 0.717) is 0 Å². The highest BCUT2D eigenvalue weighted by molar-refractivity contribution is 5.83. The van der Waals surface area contributed by atoms with Gasteiger partial charge in [0.1, 0.15) is 6.04 Å². The van der Waals surface area contributed by atoms with Crippen LogP contribution < -0.4 is 5.32 Å². The predicted octanol–water partition coefficient (Wildman–Crippen LogP) is 2.14. The zero-order valence-electron chi connectivity index (χ0n) is 14.4. The highest BCUT2D eigenvalue weighted by Crippen LogP contribution is 2.29. The van der Waals surface area contributed by atoms with Gasteiger partial charge in [-0.15, -0.1) is 0 Å². The van der Waals surface area contributed by atoms with Gasteiger partial charge in [-0.1, -0.05) is 37.3 Å². The first-order valence-electron chi connectivity index (χ1n) is 8.95. The van der Waals surface area contributed by atoms with Crippen LogP contribution in [0.4, 0.5) is 0 Å². The molecule has 0 aromatic heterocycles. The lowest BCUT2D eigenvalue weighted by atomic mass is 9.92. The second-order valence-corrected chi connectivity index (χ2v) is 6.97. The monoisotopic (exact) mass is 315 g/mol. The first-order chi connectivity index (χ1) is 11.2. The molecule has 4 nitrogen and oxygen atoms in total. The van der Waals surface area contributed by atoms with Crippen LogP contribution in [-0.4, -0.2) is 55.5 Å². The Morgan fingerprint density at radius 2 is 1.83 bits per heavy atom. The standard InChI is InChI=1S/C19H29N3O/c1-3-21(2)18(15-7-5-4-6-8-15)19(23)22-11-9-16-13-20-14-17(16)10-12-22/h4-8,16-18,20H,3,9-14H2,1-2H3/t16-,17+,18?. The summed E-state index contributed by atoms with van der Waals surface area (Å²) in [5, 5.41) is 3.50. The van der Waals surface area contributed by atoms with Crippen molar-refractivity contribution in [2.45, 2.75) is 25.8 Å². The van der Waals surface area contributed by atoms with Gasteiger partial charge in [0.05, 0.1) is 0 Å². The molecule has 1 N–H and O–H groups in total. The minimum Gasteiger partial charge on any atom is -0.341 e. The van der Waals surface area contributed by atoms with E-state index < -0.39 is 0 Å². The fourth-order valence-corrected chi connectivity index (χ4v) is 4.01. The van der Waals surface area contributed by atoms with Crippen molar-refractivity contribution in [3.05, 3.63) is 35.9 Å². The largest absolute Gasteiger partial charge is 0.341 e. The number of carbonyl (C=O) groups is 1. The molecule has 0 saturated carbocycles. The molecule has 3 rings (SSSR count). The number of nitrogens with zero attached hydrogens (tertiary/aromatic N) is 2. The molecular weight excluding hydrogens is 286 g/mol. The molecule has 1 aromatic rings. The van der Waals surface area contributed by atoms with Crippen molar-refractivity contribution in [2.75, 3.05) is 39.8 Å². The molecule has 2 aliphatic heterocycles. The van der Waals surface area contributed by atoms with Gasteiger partial charge in [0, 0.05) is 13.1 Å². The summed E-state index contributed by atoms with van der Waals surface area (Å²) in [6.07, 6.45) is 2.28. The minimum atomic E-state index is -0.155. The SMILES string of the molecule is CCN(C)C(C(=O)N1CC[C@@H]2CNC[C@@H]2CC1)c1ccccc1. The number of fused-ring (bicyclic) bond motifs is 1. The lowest BCUT2D eigenvalue weighted by Crippen LogP contribution is -2.42.